The van der Waals surface area contributed by atoms with Crippen molar-refractivity contribution in [1.29, 1.82) is 0 Å². The van der Waals surface area contributed by atoms with Crippen LogP contribution in [0.1, 0.15) is 41.9 Å². The van der Waals surface area contributed by atoms with Crippen molar-refractivity contribution in [2.75, 3.05) is 28.3 Å². The molecule has 0 bridgehead atoms. The summed E-state index contributed by atoms with van der Waals surface area (Å²) in [5.41, 5.74) is 4.46. The maximum absolute atomic E-state index is 5.66. The molecule has 4 heteroatoms. The minimum absolute atomic E-state index is 0. The highest BCUT2D eigenvalue weighted by molar-refractivity contribution is 5.85. The summed E-state index contributed by atoms with van der Waals surface area (Å²) >= 11 is 0. The summed E-state index contributed by atoms with van der Waals surface area (Å²) in [5, 5.41) is 0. The molecule has 118 valence electrons. The van der Waals surface area contributed by atoms with Gasteiger partial charge in [0.1, 0.15) is 0 Å². The van der Waals surface area contributed by atoms with Crippen LogP contribution in [0.4, 0.5) is 0 Å². The van der Waals surface area contributed by atoms with E-state index in [9.17, 15) is 0 Å². The molecule has 2 unspecified atom stereocenters. The fourth-order valence-corrected chi connectivity index (χ4v) is 4.21. The second kappa shape index (κ2) is 6.45. The smallest absolute Gasteiger partial charge is 0.164 e. The van der Waals surface area contributed by atoms with Gasteiger partial charge in [0, 0.05) is 17.5 Å². The molecular weight excluding hydrogens is 286 g/mol. The van der Waals surface area contributed by atoms with Crippen LogP contribution in [0.25, 0.3) is 0 Å². The van der Waals surface area contributed by atoms with Gasteiger partial charge in [-0.15, -0.1) is 12.4 Å². The molecule has 0 saturated heterocycles. The molecule has 3 rings (SSSR count). The SMILES string of the molecule is COc1cc2c3c(c1OC)CCCC3C(N(C)C)CC2.Cl. The van der Waals surface area contributed by atoms with E-state index in [1.54, 1.807) is 19.8 Å². The number of benzene rings is 1. The van der Waals surface area contributed by atoms with E-state index in [0.29, 0.717) is 12.0 Å². The fourth-order valence-electron chi connectivity index (χ4n) is 4.21. The van der Waals surface area contributed by atoms with Gasteiger partial charge in [-0.3, -0.25) is 0 Å². The number of hydrogen-bond acceptors (Lipinski definition) is 3. The monoisotopic (exact) mass is 311 g/mol. The van der Waals surface area contributed by atoms with Crippen LogP contribution in [0, 0.1) is 0 Å². The summed E-state index contributed by atoms with van der Waals surface area (Å²) in [7, 11) is 7.93. The number of aryl methyl sites for hydroxylation is 1. The van der Waals surface area contributed by atoms with Crippen molar-refractivity contribution in [3.8, 4) is 11.5 Å². The van der Waals surface area contributed by atoms with Gasteiger partial charge in [0.15, 0.2) is 11.5 Å². The predicted molar refractivity (Wildman–Crippen MR) is 88.3 cm³/mol. The first kappa shape index (κ1) is 16.4. The lowest BCUT2D eigenvalue weighted by atomic mass is 9.70. The second-order valence-corrected chi connectivity index (χ2v) is 6.23. The first-order chi connectivity index (χ1) is 9.67. The van der Waals surface area contributed by atoms with E-state index < -0.39 is 0 Å². The zero-order valence-electron chi connectivity index (χ0n) is 13.4. The maximum atomic E-state index is 5.66. The lowest BCUT2D eigenvalue weighted by Gasteiger charge is -2.41. The van der Waals surface area contributed by atoms with Crippen molar-refractivity contribution < 1.29 is 9.47 Å². The average Bonchev–Trinajstić information content (AvgIpc) is 2.47. The van der Waals surface area contributed by atoms with E-state index in [0.717, 1.165) is 24.3 Å². The molecule has 0 fully saturated rings. The zero-order valence-corrected chi connectivity index (χ0v) is 14.3. The van der Waals surface area contributed by atoms with Crippen molar-refractivity contribution in [3.63, 3.8) is 0 Å². The summed E-state index contributed by atoms with van der Waals surface area (Å²) in [4.78, 5) is 2.40. The Morgan fingerprint density at radius 2 is 1.86 bits per heavy atom. The van der Waals surface area contributed by atoms with Crippen LogP contribution in [0.3, 0.4) is 0 Å². The molecule has 2 aliphatic rings. The molecule has 2 aliphatic carbocycles. The van der Waals surface area contributed by atoms with Crippen LogP contribution in [0.5, 0.6) is 11.5 Å². The number of ether oxygens (including phenoxy) is 2. The molecule has 0 saturated carbocycles. The minimum atomic E-state index is 0. The lowest BCUT2D eigenvalue weighted by Crippen LogP contribution is -2.39. The summed E-state index contributed by atoms with van der Waals surface area (Å²) in [6, 6.07) is 2.88. The largest absolute Gasteiger partial charge is 0.493 e. The van der Waals surface area contributed by atoms with Crippen molar-refractivity contribution in [2.45, 2.75) is 44.1 Å². The molecule has 0 aliphatic heterocycles. The normalized spacial score (nSPS) is 23.3. The van der Waals surface area contributed by atoms with Gasteiger partial charge in [-0.1, -0.05) is 0 Å². The predicted octanol–water partition coefficient (Wildman–Crippen LogP) is 3.42. The van der Waals surface area contributed by atoms with E-state index in [1.807, 2.05) is 0 Å². The van der Waals surface area contributed by atoms with Crippen molar-refractivity contribution >= 4 is 12.4 Å². The first-order valence-corrected chi connectivity index (χ1v) is 7.60. The van der Waals surface area contributed by atoms with Gasteiger partial charge in [-0.2, -0.15) is 0 Å². The molecule has 1 aromatic rings. The highest BCUT2D eigenvalue weighted by Crippen LogP contribution is 2.48. The summed E-state index contributed by atoms with van der Waals surface area (Å²) < 4.78 is 11.2. The van der Waals surface area contributed by atoms with E-state index in [1.165, 1.54) is 30.4 Å². The fraction of sp³-hybridized carbons (Fsp3) is 0.647. The molecular formula is C17H26ClNO2. The Kier molecular flexibility index (Phi) is 5.05. The molecule has 3 nitrogen and oxygen atoms in total. The van der Waals surface area contributed by atoms with Crippen molar-refractivity contribution in [2.24, 2.45) is 0 Å². The van der Waals surface area contributed by atoms with Gasteiger partial charge < -0.3 is 14.4 Å². The Morgan fingerprint density at radius 1 is 1.10 bits per heavy atom. The standard InChI is InChI=1S/C17H25NO2.ClH/c1-18(2)14-9-8-11-10-15(19-3)17(20-4)13-7-5-6-12(14)16(11)13;/h10,12,14H,5-9H2,1-4H3;1H. The van der Waals surface area contributed by atoms with Crippen LogP contribution in [0.15, 0.2) is 6.07 Å². The lowest BCUT2D eigenvalue weighted by molar-refractivity contribution is 0.213. The molecule has 0 aromatic heterocycles. The average molecular weight is 312 g/mol. The molecule has 0 radical (unpaired) electrons. The summed E-state index contributed by atoms with van der Waals surface area (Å²) in [5.74, 6) is 2.54. The second-order valence-electron chi connectivity index (χ2n) is 6.23. The van der Waals surface area contributed by atoms with Crippen LogP contribution < -0.4 is 9.47 Å². The van der Waals surface area contributed by atoms with Crippen LogP contribution >= 0.6 is 12.4 Å². The molecule has 0 spiro atoms. The van der Waals surface area contributed by atoms with E-state index >= 15 is 0 Å². The first-order valence-electron chi connectivity index (χ1n) is 7.60. The Bertz CT molecular complexity index is 516. The quantitative estimate of drug-likeness (QED) is 0.854. The molecule has 1 aromatic carbocycles. The van der Waals surface area contributed by atoms with Crippen LogP contribution in [0.2, 0.25) is 0 Å². The zero-order chi connectivity index (χ0) is 14.3. The highest BCUT2D eigenvalue weighted by atomic mass is 35.5. The van der Waals surface area contributed by atoms with Crippen molar-refractivity contribution in [1.82, 2.24) is 4.90 Å². The number of nitrogens with zero attached hydrogens (tertiary/aromatic N) is 1. The van der Waals surface area contributed by atoms with Crippen molar-refractivity contribution in [3.05, 3.63) is 22.8 Å². The summed E-state index contributed by atoms with van der Waals surface area (Å²) in [6.45, 7) is 0. The third kappa shape index (κ3) is 2.62. The third-order valence-corrected chi connectivity index (χ3v) is 5.05. The number of halogens is 1. The third-order valence-electron chi connectivity index (χ3n) is 5.05. The number of likely N-dealkylation sites (N-methyl/N-ethyl adjacent to an activating group) is 1. The molecule has 0 heterocycles. The molecule has 0 N–H and O–H groups in total. The van der Waals surface area contributed by atoms with Gasteiger partial charge in [-0.25, -0.2) is 0 Å². The Balaban J connectivity index is 0.00000161. The van der Waals surface area contributed by atoms with E-state index in [2.05, 4.69) is 25.1 Å². The summed E-state index contributed by atoms with van der Waals surface area (Å²) in [6.07, 6.45) is 6.09. The van der Waals surface area contributed by atoms with Gasteiger partial charge in [0.05, 0.1) is 14.2 Å². The minimum Gasteiger partial charge on any atom is -0.493 e. The topological polar surface area (TPSA) is 21.7 Å². The maximum Gasteiger partial charge on any atom is 0.164 e. The number of methoxy groups -OCH3 is 2. The Hall–Kier alpha value is -0.930. The van der Waals surface area contributed by atoms with Gasteiger partial charge >= 0.3 is 0 Å². The molecule has 0 amide bonds. The van der Waals surface area contributed by atoms with Gasteiger partial charge in [0.2, 0.25) is 0 Å². The van der Waals surface area contributed by atoms with Crippen LogP contribution in [-0.4, -0.2) is 39.3 Å². The number of hydrogen-bond donors (Lipinski definition) is 0. The number of rotatable bonds is 3. The van der Waals surface area contributed by atoms with Crippen LogP contribution in [-0.2, 0) is 12.8 Å². The Labute approximate surface area is 134 Å². The van der Waals surface area contributed by atoms with Gasteiger partial charge in [-0.05, 0) is 63.4 Å². The van der Waals surface area contributed by atoms with E-state index in [-0.39, 0.29) is 12.4 Å². The van der Waals surface area contributed by atoms with E-state index in [4.69, 9.17) is 9.47 Å². The molecule has 21 heavy (non-hydrogen) atoms. The molecule has 2 atom stereocenters. The van der Waals surface area contributed by atoms with Gasteiger partial charge in [0.25, 0.3) is 0 Å². The Morgan fingerprint density at radius 3 is 2.48 bits per heavy atom. The highest BCUT2D eigenvalue weighted by Gasteiger charge is 2.36.